The first-order valence-electron chi connectivity index (χ1n) is 6.92. The molecule has 1 N–H and O–H groups in total. The van der Waals surface area contributed by atoms with E-state index in [2.05, 4.69) is 57.4 Å². The number of nitrogens with one attached hydrogen (secondary N) is 1. The zero-order valence-electron chi connectivity index (χ0n) is 11.9. The van der Waals surface area contributed by atoms with Crippen molar-refractivity contribution in [2.24, 2.45) is 0 Å². The van der Waals surface area contributed by atoms with Crippen LogP contribution in [-0.2, 0) is 12.8 Å². The van der Waals surface area contributed by atoms with E-state index in [9.17, 15) is 0 Å². The van der Waals surface area contributed by atoms with Crippen LogP contribution in [-0.4, -0.2) is 22.8 Å². The maximum atomic E-state index is 5.66. The molecule has 1 aromatic carbocycles. The highest BCUT2D eigenvalue weighted by Gasteiger charge is 2.07. The Labute approximate surface area is 128 Å². The second kappa shape index (κ2) is 7.55. The van der Waals surface area contributed by atoms with Crippen LogP contribution < -0.4 is 5.32 Å². The van der Waals surface area contributed by atoms with Crippen molar-refractivity contribution in [2.75, 3.05) is 6.54 Å². The second-order valence-corrected chi connectivity index (χ2v) is 6.02. The van der Waals surface area contributed by atoms with Gasteiger partial charge < -0.3 is 9.73 Å². The maximum Gasteiger partial charge on any atom is 0.220 e. The first kappa shape index (κ1) is 15.2. The third-order valence-corrected chi connectivity index (χ3v) is 3.43. The minimum Gasteiger partial charge on any atom is -0.425 e. The second-order valence-electron chi connectivity index (χ2n) is 5.11. The number of hydrogen-bond acceptors (Lipinski definition) is 4. The normalized spacial score (nSPS) is 11.2. The summed E-state index contributed by atoms with van der Waals surface area (Å²) in [7, 11) is 0. The number of hydrogen-bond donors (Lipinski definition) is 1. The molecular weight excluding hydrogens is 318 g/mol. The summed E-state index contributed by atoms with van der Waals surface area (Å²) in [6, 6.07) is 8.67. The Morgan fingerprint density at radius 1 is 1.15 bits per heavy atom. The summed E-state index contributed by atoms with van der Waals surface area (Å²) in [6.07, 6.45) is 2.52. The predicted molar refractivity (Wildman–Crippen MR) is 82.7 cm³/mol. The Bertz CT molecular complexity index is 522. The van der Waals surface area contributed by atoms with Crippen molar-refractivity contribution in [3.63, 3.8) is 0 Å². The van der Waals surface area contributed by atoms with Gasteiger partial charge in [-0.2, -0.15) is 0 Å². The highest BCUT2D eigenvalue weighted by Crippen LogP contribution is 2.14. The van der Waals surface area contributed by atoms with Gasteiger partial charge in [0.25, 0.3) is 0 Å². The molecule has 0 saturated carbocycles. The van der Waals surface area contributed by atoms with Gasteiger partial charge in [0.2, 0.25) is 11.8 Å². The van der Waals surface area contributed by atoms with Crippen molar-refractivity contribution in [1.29, 1.82) is 0 Å². The molecule has 0 aliphatic rings. The van der Waals surface area contributed by atoms with Gasteiger partial charge >= 0.3 is 0 Å². The Balaban J connectivity index is 1.81. The molecule has 0 bridgehead atoms. The van der Waals surface area contributed by atoms with Gasteiger partial charge in [0.15, 0.2) is 0 Å². The van der Waals surface area contributed by atoms with E-state index < -0.39 is 0 Å². The van der Waals surface area contributed by atoms with Gasteiger partial charge in [0, 0.05) is 16.9 Å². The van der Waals surface area contributed by atoms with Crippen LogP contribution in [0.5, 0.6) is 0 Å². The van der Waals surface area contributed by atoms with E-state index in [0.29, 0.717) is 18.4 Å². The molecule has 0 aliphatic carbocycles. The highest BCUT2D eigenvalue weighted by atomic mass is 79.9. The summed E-state index contributed by atoms with van der Waals surface area (Å²) in [5, 5.41) is 11.6. The third-order valence-electron chi connectivity index (χ3n) is 2.90. The molecule has 4 nitrogen and oxygen atoms in total. The fraction of sp³-hybridized carbons (Fsp3) is 0.467. The van der Waals surface area contributed by atoms with Crippen molar-refractivity contribution in [2.45, 2.75) is 39.2 Å². The summed E-state index contributed by atoms with van der Waals surface area (Å²) in [6.45, 7) is 5.26. The smallest absolute Gasteiger partial charge is 0.220 e. The van der Waals surface area contributed by atoms with Crippen molar-refractivity contribution in [3.8, 4) is 0 Å². The Morgan fingerprint density at radius 2 is 1.85 bits per heavy atom. The summed E-state index contributed by atoms with van der Waals surface area (Å²) in [4.78, 5) is 0. The van der Waals surface area contributed by atoms with Gasteiger partial charge in [-0.15, -0.1) is 10.2 Å². The van der Waals surface area contributed by atoms with E-state index >= 15 is 0 Å². The molecule has 0 spiro atoms. The molecule has 1 aromatic heterocycles. The van der Waals surface area contributed by atoms with E-state index in [1.807, 2.05) is 12.1 Å². The van der Waals surface area contributed by atoms with Crippen LogP contribution in [0.1, 0.15) is 37.6 Å². The molecule has 0 radical (unpaired) electrons. The van der Waals surface area contributed by atoms with Crippen LogP contribution in [0.15, 0.2) is 33.2 Å². The van der Waals surface area contributed by atoms with Crippen LogP contribution in [0.2, 0.25) is 0 Å². The first-order valence-corrected chi connectivity index (χ1v) is 7.72. The SMILES string of the molecule is CC(C)NCCCc1nnc(Cc2ccc(Br)cc2)o1. The molecular formula is C15H20BrN3O. The standard InChI is InChI=1S/C15H20BrN3O/c1-11(2)17-9-3-4-14-18-19-15(20-14)10-12-5-7-13(16)8-6-12/h5-8,11,17H,3-4,9-10H2,1-2H3. The molecule has 0 atom stereocenters. The molecule has 2 rings (SSSR count). The van der Waals surface area contributed by atoms with Crippen molar-refractivity contribution in [1.82, 2.24) is 15.5 Å². The van der Waals surface area contributed by atoms with E-state index in [4.69, 9.17) is 4.42 Å². The third kappa shape index (κ3) is 5.06. The van der Waals surface area contributed by atoms with Gasteiger partial charge in [-0.3, -0.25) is 0 Å². The average molecular weight is 338 g/mol. The molecule has 0 saturated heterocycles. The Morgan fingerprint density at radius 3 is 2.55 bits per heavy atom. The summed E-state index contributed by atoms with van der Waals surface area (Å²) < 4.78 is 6.74. The summed E-state index contributed by atoms with van der Waals surface area (Å²) >= 11 is 3.42. The number of aromatic nitrogens is 2. The molecule has 0 fully saturated rings. The molecule has 20 heavy (non-hydrogen) atoms. The van der Waals surface area contributed by atoms with Crippen molar-refractivity contribution in [3.05, 3.63) is 46.1 Å². The molecule has 108 valence electrons. The quantitative estimate of drug-likeness (QED) is 0.787. The lowest BCUT2D eigenvalue weighted by Crippen LogP contribution is -2.23. The van der Waals surface area contributed by atoms with Gasteiger partial charge in [-0.1, -0.05) is 41.9 Å². The van der Waals surface area contributed by atoms with Gasteiger partial charge in [0.1, 0.15) is 0 Å². The monoisotopic (exact) mass is 337 g/mol. The average Bonchev–Trinajstić information content (AvgIpc) is 2.85. The largest absolute Gasteiger partial charge is 0.425 e. The number of halogens is 1. The number of rotatable bonds is 7. The molecule has 1 heterocycles. The van der Waals surface area contributed by atoms with Crippen LogP contribution in [0.3, 0.4) is 0 Å². The van der Waals surface area contributed by atoms with Gasteiger partial charge in [-0.05, 0) is 30.7 Å². The lowest BCUT2D eigenvalue weighted by atomic mass is 10.1. The van der Waals surface area contributed by atoms with E-state index in [0.717, 1.165) is 29.7 Å². The minimum atomic E-state index is 0.519. The topological polar surface area (TPSA) is 51.0 Å². The fourth-order valence-corrected chi connectivity index (χ4v) is 2.13. The zero-order valence-corrected chi connectivity index (χ0v) is 13.5. The lowest BCUT2D eigenvalue weighted by Gasteiger charge is -2.05. The first-order chi connectivity index (χ1) is 9.63. The zero-order chi connectivity index (χ0) is 14.4. The minimum absolute atomic E-state index is 0.519. The van der Waals surface area contributed by atoms with E-state index in [1.165, 1.54) is 5.56 Å². The molecule has 0 aliphatic heterocycles. The Hall–Kier alpha value is -1.20. The van der Waals surface area contributed by atoms with Crippen LogP contribution in [0.4, 0.5) is 0 Å². The molecule has 0 amide bonds. The number of aryl methyl sites for hydroxylation is 1. The molecule has 5 heteroatoms. The summed E-state index contributed by atoms with van der Waals surface area (Å²) in [5.41, 5.74) is 1.17. The number of nitrogens with zero attached hydrogens (tertiary/aromatic N) is 2. The maximum absolute atomic E-state index is 5.66. The van der Waals surface area contributed by atoms with Crippen LogP contribution >= 0.6 is 15.9 Å². The summed E-state index contributed by atoms with van der Waals surface area (Å²) in [5.74, 6) is 1.40. The lowest BCUT2D eigenvalue weighted by molar-refractivity contribution is 0.446. The fourth-order valence-electron chi connectivity index (χ4n) is 1.87. The van der Waals surface area contributed by atoms with E-state index in [1.54, 1.807) is 0 Å². The van der Waals surface area contributed by atoms with Gasteiger partial charge in [-0.25, -0.2) is 0 Å². The van der Waals surface area contributed by atoms with Crippen molar-refractivity contribution >= 4 is 15.9 Å². The predicted octanol–water partition coefficient (Wildman–Crippen LogP) is 3.35. The van der Waals surface area contributed by atoms with Crippen LogP contribution in [0.25, 0.3) is 0 Å². The molecule has 2 aromatic rings. The highest BCUT2D eigenvalue weighted by molar-refractivity contribution is 9.10. The van der Waals surface area contributed by atoms with Crippen molar-refractivity contribution < 1.29 is 4.42 Å². The Kier molecular flexibility index (Phi) is 5.73. The van der Waals surface area contributed by atoms with Gasteiger partial charge in [0.05, 0.1) is 6.42 Å². The van der Waals surface area contributed by atoms with Crippen LogP contribution in [0, 0.1) is 0 Å². The number of benzene rings is 1. The van der Waals surface area contributed by atoms with E-state index in [-0.39, 0.29) is 0 Å². The molecule has 0 unspecified atom stereocenters.